The van der Waals surface area contributed by atoms with Gasteiger partial charge in [0.25, 0.3) is 5.91 Å². The third-order valence-electron chi connectivity index (χ3n) is 4.77. The lowest BCUT2D eigenvalue weighted by molar-refractivity contribution is 0.0714. The van der Waals surface area contributed by atoms with E-state index in [4.69, 9.17) is 4.42 Å². The maximum absolute atomic E-state index is 12.4. The van der Waals surface area contributed by atoms with Gasteiger partial charge >= 0.3 is 0 Å². The van der Waals surface area contributed by atoms with Gasteiger partial charge in [0.15, 0.2) is 5.76 Å². The molecule has 0 unspecified atom stereocenters. The lowest BCUT2D eigenvalue weighted by Crippen LogP contribution is -2.49. The van der Waals surface area contributed by atoms with E-state index in [1.165, 1.54) is 17.4 Å². The summed E-state index contributed by atoms with van der Waals surface area (Å²) < 4.78 is 5.22. The van der Waals surface area contributed by atoms with Gasteiger partial charge in [0.2, 0.25) is 0 Å². The Morgan fingerprint density at radius 1 is 1.04 bits per heavy atom. The van der Waals surface area contributed by atoms with Crippen molar-refractivity contribution < 1.29 is 9.21 Å². The summed E-state index contributed by atoms with van der Waals surface area (Å²) in [6, 6.07) is 11.7. The Morgan fingerprint density at radius 2 is 1.79 bits per heavy atom. The second kappa shape index (κ2) is 7.72. The number of rotatable bonds is 4. The summed E-state index contributed by atoms with van der Waals surface area (Å²) in [6.45, 7) is 6.84. The molecular weight excluding hydrogens is 354 g/mol. The summed E-state index contributed by atoms with van der Waals surface area (Å²) in [7, 11) is 0. The molecule has 0 saturated carbocycles. The van der Waals surface area contributed by atoms with E-state index < -0.39 is 0 Å². The predicted molar refractivity (Wildman–Crippen MR) is 108 cm³/mol. The van der Waals surface area contributed by atoms with Crippen LogP contribution in [0.5, 0.6) is 0 Å². The van der Waals surface area contributed by atoms with Crippen molar-refractivity contribution in [2.75, 3.05) is 36.4 Å². The van der Waals surface area contributed by atoms with Gasteiger partial charge in [-0.3, -0.25) is 4.79 Å². The molecule has 0 atom stereocenters. The van der Waals surface area contributed by atoms with Gasteiger partial charge < -0.3 is 19.5 Å². The third-order valence-corrected chi connectivity index (χ3v) is 4.77. The molecule has 2 aromatic heterocycles. The number of carbonyl (C=O) groups is 1. The van der Waals surface area contributed by atoms with Crippen LogP contribution in [0.1, 0.15) is 21.7 Å². The highest BCUT2D eigenvalue weighted by Gasteiger charge is 2.24. The first-order valence-corrected chi connectivity index (χ1v) is 9.33. The molecule has 1 amide bonds. The van der Waals surface area contributed by atoms with Gasteiger partial charge in [-0.2, -0.15) is 0 Å². The number of anilines is 3. The number of piperazine rings is 1. The third kappa shape index (κ3) is 3.98. The Balaban J connectivity index is 1.42. The molecule has 1 aliphatic heterocycles. The van der Waals surface area contributed by atoms with Crippen molar-refractivity contribution in [1.82, 2.24) is 14.9 Å². The predicted octanol–water partition coefficient (Wildman–Crippen LogP) is 3.39. The number of furan rings is 1. The number of nitrogens with one attached hydrogen (secondary N) is 1. The molecule has 7 nitrogen and oxygen atoms in total. The molecule has 3 aromatic rings. The molecule has 3 heterocycles. The molecule has 1 N–H and O–H groups in total. The van der Waals surface area contributed by atoms with Crippen LogP contribution in [0.15, 0.2) is 53.4 Å². The highest BCUT2D eigenvalue weighted by molar-refractivity contribution is 5.91. The number of aryl methyl sites for hydroxylation is 2. The van der Waals surface area contributed by atoms with Crippen LogP contribution >= 0.6 is 0 Å². The maximum atomic E-state index is 12.4. The standard InChI is InChI=1S/C21H23N5O2/c1-15-10-16(2)12-17(11-15)24-19-13-20(23-14-22-19)25-5-7-26(8-6-25)21(27)18-4-3-9-28-18/h3-4,9-14H,5-8H2,1-2H3,(H,22,23,24). The summed E-state index contributed by atoms with van der Waals surface area (Å²) in [4.78, 5) is 25.1. The Morgan fingerprint density at radius 3 is 2.46 bits per heavy atom. The number of nitrogens with zero attached hydrogens (tertiary/aromatic N) is 4. The van der Waals surface area contributed by atoms with Gasteiger partial charge in [0.05, 0.1) is 6.26 Å². The number of carbonyl (C=O) groups excluding carboxylic acids is 1. The number of hydrogen-bond donors (Lipinski definition) is 1. The molecule has 0 radical (unpaired) electrons. The lowest BCUT2D eigenvalue weighted by atomic mass is 10.1. The summed E-state index contributed by atoms with van der Waals surface area (Å²) in [6.07, 6.45) is 3.09. The summed E-state index contributed by atoms with van der Waals surface area (Å²) in [5.41, 5.74) is 3.42. The van der Waals surface area contributed by atoms with Crippen molar-refractivity contribution in [1.29, 1.82) is 0 Å². The van der Waals surface area contributed by atoms with Crippen LogP contribution in [0.4, 0.5) is 17.3 Å². The fourth-order valence-electron chi connectivity index (χ4n) is 3.48. The Labute approximate surface area is 164 Å². The molecule has 7 heteroatoms. The molecular formula is C21H23N5O2. The van der Waals surface area contributed by atoms with Crippen LogP contribution in [0.3, 0.4) is 0 Å². The zero-order valence-electron chi connectivity index (χ0n) is 16.1. The van der Waals surface area contributed by atoms with Crippen LogP contribution < -0.4 is 10.2 Å². The van der Waals surface area contributed by atoms with Crippen molar-refractivity contribution in [2.45, 2.75) is 13.8 Å². The average Bonchev–Trinajstić information content (AvgIpc) is 3.22. The molecule has 1 fully saturated rings. The number of hydrogen-bond acceptors (Lipinski definition) is 6. The summed E-state index contributed by atoms with van der Waals surface area (Å²) in [5, 5.41) is 3.36. The van der Waals surface area contributed by atoms with Gasteiger partial charge in [-0.25, -0.2) is 9.97 Å². The first-order valence-electron chi connectivity index (χ1n) is 9.33. The monoisotopic (exact) mass is 377 g/mol. The zero-order chi connectivity index (χ0) is 19.5. The summed E-state index contributed by atoms with van der Waals surface area (Å²) >= 11 is 0. The van der Waals surface area contributed by atoms with Crippen molar-refractivity contribution >= 4 is 23.2 Å². The van der Waals surface area contributed by atoms with E-state index in [1.807, 2.05) is 11.0 Å². The van der Waals surface area contributed by atoms with E-state index in [-0.39, 0.29) is 5.91 Å². The lowest BCUT2D eigenvalue weighted by Gasteiger charge is -2.35. The van der Waals surface area contributed by atoms with Gasteiger partial charge in [-0.15, -0.1) is 0 Å². The highest BCUT2D eigenvalue weighted by Crippen LogP contribution is 2.22. The quantitative estimate of drug-likeness (QED) is 0.751. The van der Waals surface area contributed by atoms with Crippen molar-refractivity contribution in [3.63, 3.8) is 0 Å². The molecule has 4 rings (SSSR count). The summed E-state index contributed by atoms with van der Waals surface area (Å²) in [5.74, 6) is 1.93. The second-order valence-electron chi connectivity index (χ2n) is 7.02. The SMILES string of the molecule is Cc1cc(C)cc(Nc2cc(N3CCN(C(=O)c4ccco4)CC3)ncn2)c1. The number of benzene rings is 1. The topological polar surface area (TPSA) is 74.5 Å². The van der Waals surface area contributed by atoms with E-state index in [0.29, 0.717) is 31.9 Å². The fraction of sp³-hybridized carbons (Fsp3) is 0.286. The Kier molecular flexibility index (Phi) is 4.97. The second-order valence-corrected chi connectivity index (χ2v) is 7.02. The molecule has 1 aromatic carbocycles. The van der Waals surface area contributed by atoms with Crippen LogP contribution in [0.25, 0.3) is 0 Å². The van der Waals surface area contributed by atoms with E-state index >= 15 is 0 Å². The molecule has 0 spiro atoms. The largest absolute Gasteiger partial charge is 0.459 e. The average molecular weight is 377 g/mol. The molecule has 1 saturated heterocycles. The van der Waals surface area contributed by atoms with Crippen LogP contribution in [0, 0.1) is 13.8 Å². The smallest absolute Gasteiger partial charge is 0.289 e. The maximum Gasteiger partial charge on any atom is 0.289 e. The molecule has 1 aliphatic rings. The fourth-order valence-corrected chi connectivity index (χ4v) is 3.48. The van der Waals surface area contributed by atoms with Gasteiger partial charge in [-0.05, 0) is 49.2 Å². The van der Waals surface area contributed by atoms with E-state index in [0.717, 1.165) is 17.3 Å². The van der Waals surface area contributed by atoms with Crippen LogP contribution in [-0.4, -0.2) is 47.0 Å². The minimum Gasteiger partial charge on any atom is -0.459 e. The van der Waals surface area contributed by atoms with E-state index in [2.05, 4.69) is 52.2 Å². The van der Waals surface area contributed by atoms with Gasteiger partial charge in [0.1, 0.15) is 18.0 Å². The molecule has 0 bridgehead atoms. The number of aromatic nitrogens is 2. The first kappa shape index (κ1) is 18.0. The van der Waals surface area contributed by atoms with Crippen molar-refractivity contribution in [3.05, 3.63) is 65.9 Å². The van der Waals surface area contributed by atoms with E-state index in [9.17, 15) is 4.79 Å². The first-order chi connectivity index (χ1) is 13.6. The normalized spacial score (nSPS) is 14.2. The van der Waals surface area contributed by atoms with Crippen LogP contribution in [0.2, 0.25) is 0 Å². The molecule has 28 heavy (non-hydrogen) atoms. The highest BCUT2D eigenvalue weighted by atomic mass is 16.3. The molecule has 0 aliphatic carbocycles. The van der Waals surface area contributed by atoms with Crippen molar-refractivity contribution in [2.24, 2.45) is 0 Å². The Bertz CT molecular complexity index is 942. The van der Waals surface area contributed by atoms with Crippen molar-refractivity contribution in [3.8, 4) is 0 Å². The van der Waals surface area contributed by atoms with Gasteiger partial charge in [0, 0.05) is 37.9 Å². The minimum absolute atomic E-state index is 0.0653. The minimum atomic E-state index is -0.0653. The molecule has 144 valence electrons. The van der Waals surface area contributed by atoms with E-state index in [1.54, 1.807) is 18.5 Å². The zero-order valence-corrected chi connectivity index (χ0v) is 16.1. The van der Waals surface area contributed by atoms with Gasteiger partial charge in [-0.1, -0.05) is 6.07 Å². The Hall–Kier alpha value is -3.35. The van der Waals surface area contributed by atoms with Crippen LogP contribution in [-0.2, 0) is 0 Å². The number of amides is 1.